The molecule has 1 aliphatic carbocycles. The Hall–Kier alpha value is -1.22. The van der Waals surface area contributed by atoms with Crippen molar-refractivity contribution in [3.8, 4) is 11.5 Å². The van der Waals surface area contributed by atoms with Crippen molar-refractivity contribution >= 4 is 0 Å². The number of rotatable bonds is 4. The van der Waals surface area contributed by atoms with E-state index in [2.05, 4.69) is 0 Å². The van der Waals surface area contributed by atoms with Crippen LogP contribution in [0.25, 0.3) is 0 Å². The standard InChI is InChI=1S/C14H21NO2/c1-9-8-11(4-5-14(15)6-7-14)12(16)13(17-3)10(9)2/h8,16H,4-7,15H2,1-3H3. The monoisotopic (exact) mass is 235 g/mol. The maximum Gasteiger partial charge on any atom is 0.163 e. The highest BCUT2D eigenvalue weighted by Gasteiger charge is 2.37. The van der Waals surface area contributed by atoms with Crippen molar-refractivity contribution in [1.82, 2.24) is 0 Å². The topological polar surface area (TPSA) is 55.5 Å². The summed E-state index contributed by atoms with van der Waals surface area (Å²) in [6.07, 6.45) is 3.97. The van der Waals surface area contributed by atoms with E-state index in [-0.39, 0.29) is 11.3 Å². The van der Waals surface area contributed by atoms with Gasteiger partial charge in [0.15, 0.2) is 11.5 Å². The molecule has 1 fully saturated rings. The van der Waals surface area contributed by atoms with Crippen LogP contribution in [-0.4, -0.2) is 17.8 Å². The van der Waals surface area contributed by atoms with Crippen LogP contribution < -0.4 is 10.5 Å². The van der Waals surface area contributed by atoms with Crippen molar-refractivity contribution < 1.29 is 9.84 Å². The lowest BCUT2D eigenvalue weighted by atomic mass is 9.98. The van der Waals surface area contributed by atoms with Crippen LogP contribution in [0.4, 0.5) is 0 Å². The number of phenols is 1. The fourth-order valence-corrected chi connectivity index (χ4v) is 2.17. The van der Waals surface area contributed by atoms with E-state index in [0.29, 0.717) is 5.75 Å². The molecule has 2 rings (SSSR count). The lowest BCUT2D eigenvalue weighted by Crippen LogP contribution is -2.22. The van der Waals surface area contributed by atoms with Gasteiger partial charge >= 0.3 is 0 Å². The van der Waals surface area contributed by atoms with Crippen molar-refractivity contribution in [3.05, 3.63) is 22.8 Å². The summed E-state index contributed by atoms with van der Waals surface area (Å²) in [5.41, 5.74) is 9.19. The van der Waals surface area contributed by atoms with E-state index in [4.69, 9.17) is 10.5 Å². The molecule has 0 saturated heterocycles. The smallest absolute Gasteiger partial charge is 0.163 e. The van der Waals surface area contributed by atoms with Crippen molar-refractivity contribution in [2.24, 2.45) is 5.73 Å². The van der Waals surface area contributed by atoms with Gasteiger partial charge in [-0.3, -0.25) is 0 Å². The summed E-state index contributed by atoms with van der Waals surface area (Å²) >= 11 is 0. The van der Waals surface area contributed by atoms with Crippen molar-refractivity contribution in [2.45, 2.75) is 45.1 Å². The third-order valence-corrected chi connectivity index (χ3v) is 3.83. The van der Waals surface area contributed by atoms with Gasteiger partial charge in [0.05, 0.1) is 7.11 Å². The summed E-state index contributed by atoms with van der Waals surface area (Å²) in [5, 5.41) is 10.1. The van der Waals surface area contributed by atoms with E-state index < -0.39 is 0 Å². The zero-order valence-electron chi connectivity index (χ0n) is 10.8. The number of aromatic hydroxyl groups is 1. The van der Waals surface area contributed by atoms with Gasteiger partial charge in [-0.05, 0) is 56.2 Å². The van der Waals surface area contributed by atoms with Crippen LogP contribution in [0.3, 0.4) is 0 Å². The second-order valence-corrected chi connectivity index (χ2v) is 5.22. The molecule has 0 amide bonds. The molecule has 0 unspecified atom stereocenters. The van der Waals surface area contributed by atoms with Gasteiger partial charge in [0.1, 0.15) is 0 Å². The third-order valence-electron chi connectivity index (χ3n) is 3.83. The molecule has 1 aliphatic rings. The van der Waals surface area contributed by atoms with Gasteiger partial charge < -0.3 is 15.6 Å². The van der Waals surface area contributed by atoms with Gasteiger partial charge in [-0.25, -0.2) is 0 Å². The molecule has 0 heterocycles. The molecular formula is C14H21NO2. The summed E-state index contributed by atoms with van der Waals surface area (Å²) in [4.78, 5) is 0. The van der Waals surface area contributed by atoms with Gasteiger partial charge in [-0.1, -0.05) is 6.07 Å². The highest BCUT2D eigenvalue weighted by molar-refractivity contribution is 5.54. The molecule has 0 spiro atoms. The Morgan fingerprint density at radius 2 is 2.06 bits per heavy atom. The Bertz CT molecular complexity index is 436. The van der Waals surface area contributed by atoms with Gasteiger partial charge in [0.2, 0.25) is 0 Å². The number of methoxy groups -OCH3 is 1. The SMILES string of the molecule is COc1c(C)c(C)cc(CCC2(N)CC2)c1O. The Kier molecular flexibility index (Phi) is 3.04. The molecule has 1 aromatic carbocycles. The van der Waals surface area contributed by atoms with E-state index in [1.165, 1.54) is 0 Å². The van der Waals surface area contributed by atoms with E-state index in [0.717, 1.165) is 42.4 Å². The number of aryl methyl sites for hydroxylation is 2. The Balaban J connectivity index is 2.24. The minimum absolute atomic E-state index is 0.0263. The quantitative estimate of drug-likeness (QED) is 0.842. The maximum atomic E-state index is 10.1. The summed E-state index contributed by atoms with van der Waals surface area (Å²) in [6.45, 7) is 4.00. The first kappa shape index (κ1) is 12.2. The van der Waals surface area contributed by atoms with Crippen molar-refractivity contribution in [2.75, 3.05) is 7.11 Å². The summed E-state index contributed by atoms with van der Waals surface area (Å²) < 4.78 is 5.26. The first-order valence-corrected chi connectivity index (χ1v) is 6.12. The lowest BCUT2D eigenvalue weighted by Gasteiger charge is -2.15. The minimum atomic E-state index is 0.0263. The van der Waals surface area contributed by atoms with Crippen LogP contribution >= 0.6 is 0 Å². The number of nitrogens with two attached hydrogens (primary N) is 1. The second kappa shape index (κ2) is 4.22. The van der Waals surface area contributed by atoms with E-state index >= 15 is 0 Å². The Morgan fingerprint density at radius 1 is 1.41 bits per heavy atom. The average molecular weight is 235 g/mol. The normalized spacial score (nSPS) is 16.9. The van der Waals surface area contributed by atoms with Crippen LogP contribution in [0.1, 0.15) is 36.0 Å². The molecule has 3 N–H and O–H groups in total. The third kappa shape index (κ3) is 2.39. The number of benzene rings is 1. The fraction of sp³-hybridized carbons (Fsp3) is 0.571. The molecule has 0 radical (unpaired) electrons. The predicted molar refractivity (Wildman–Crippen MR) is 68.6 cm³/mol. The largest absolute Gasteiger partial charge is 0.504 e. The van der Waals surface area contributed by atoms with Gasteiger partial charge in [-0.15, -0.1) is 0 Å². The highest BCUT2D eigenvalue weighted by atomic mass is 16.5. The molecule has 1 aromatic rings. The molecule has 0 aliphatic heterocycles. The summed E-state index contributed by atoms with van der Waals surface area (Å²) in [6, 6.07) is 2.04. The zero-order chi connectivity index (χ0) is 12.6. The van der Waals surface area contributed by atoms with Crippen LogP contribution in [-0.2, 0) is 6.42 Å². The van der Waals surface area contributed by atoms with Crippen LogP contribution in [0.15, 0.2) is 6.07 Å². The van der Waals surface area contributed by atoms with Gasteiger partial charge in [0.25, 0.3) is 0 Å². The number of ether oxygens (including phenoxy) is 1. The lowest BCUT2D eigenvalue weighted by molar-refractivity contribution is 0.367. The molecule has 17 heavy (non-hydrogen) atoms. The minimum Gasteiger partial charge on any atom is -0.504 e. The van der Waals surface area contributed by atoms with Gasteiger partial charge in [-0.2, -0.15) is 0 Å². The molecular weight excluding hydrogens is 214 g/mol. The number of phenolic OH excluding ortho intramolecular Hbond substituents is 1. The molecule has 0 atom stereocenters. The molecule has 0 aromatic heterocycles. The highest BCUT2D eigenvalue weighted by Crippen LogP contribution is 2.40. The van der Waals surface area contributed by atoms with E-state index in [1.54, 1.807) is 7.11 Å². The first-order valence-electron chi connectivity index (χ1n) is 6.12. The number of hydrogen-bond acceptors (Lipinski definition) is 3. The van der Waals surface area contributed by atoms with Gasteiger partial charge in [0, 0.05) is 5.54 Å². The van der Waals surface area contributed by atoms with Crippen LogP contribution in [0.2, 0.25) is 0 Å². The van der Waals surface area contributed by atoms with Crippen LogP contribution in [0, 0.1) is 13.8 Å². The molecule has 94 valence electrons. The van der Waals surface area contributed by atoms with E-state index in [9.17, 15) is 5.11 Å². The van der Waals surface area contributed by atoms with Crippen molar-refractivity contribution in [1.29, 1.82) is 0 Å². The Morgan fingerprint density at radius 3 is 2.59 bits per heavy atom. The second-order valence-electron chi connectivity index (χ2n) is 5.22. The number of hydrogen-bond donors (Lipinski definition) is 2. The molecule has 3 nitrogen and oxygen atoms in total. The summed E-state index contributed by atoms with van der Waals surface area (Å²) in [5.74, 6) is 0.877. The average Bonchev–Trinajstić information content (AvgIpc) is 3.02. The molecule has 3 heteroatoms. The van der Waals surface area contributed by atoms with Crippen LogP contribution in [0.5, 0.6) is 11.5 Å². The summed E-state index contributed by atoms with van der Waals surface area (Å²) in [7, 11) is 1.59. The molecule has 1 saturated carbocycles. The maximum absolute atomic E-state index is 10.1. The fourth-order valence-electron chi connectivity index (χ4n) is 2.17. The Labute approximate surface area is 103 Å². The predicted octanol–water partition coefficient (Wildman–Crippen LogP) is 2.44. The molecule has 0 bridgehead atoms. The first-order chi connectivity index (χ1) is 7.97. The van der Waals surface area contributed by atoms with Crippen molar-refractivity contribution in [3.63, 3.8) is 0 Å². The zero-order valence-corrected chi connectivity index (χ0v) is 10.8. The van der Waals surface area contributed by atoms with E-state index in [1.807, 2.05) is 19.9 Å².